The SMILES string of the molecule is CCOc1ccc(C(=O)NNC(=O)Cc2ccc(Cl)cc2)cc1Br. The van der Waals surface area contributed by atoms with E-state index in [9.17, 15) is 9.59 Å². The minimum absolute atomic E-state index is 0.143. The molecule has 2 rings (SSSR count). The van der Waals surface area contributed by atoms with Crippen LogP contribution in [0.3, 0.4) is 0 Å². The molecule has 0 unspecified atom stereocenters. The molecule has 126 valence electrons. The Bertz CT molecular complexity index is 735. The summed E-state index contributed by atoms with van der Waals surface area (Å²) in [4.78, 5) is 23.9. The number of nitrogens with one attached hydrogen (secondary N) is 2. The van der Waals surface area contributed by atoms with Crippen molar-refractivity contribution in [2.75, 3.05) is 6.61 Å². The molecule has 2 amide bonds. The van der Waals surface area contributed by atoms with Crippen LogP contribution in [-0.4, -0.2) is 18.4 Å². The molecule has 0 aliphatic heterocycles. The maximum Gasteiger partial charge on any atom is 0.269 e. The Kier molecular flexibility index (Phi) is 6.63. The maximum absolute atomic E-state index is 12.1. The van der Waals surface area contributed by atoms with E-state index in [1.807, 2.05) is 6.92 Å². The first kappa shape index (κ1) is 18.3. The van der Waals surface area contributed by atoms with E-state index in [-0.39, 0.29) is 12.3 Å². The van der Waals surface area contributed by atoms with Crippen LogP contribution in [0.5, 0.6) is 5.75 Å². The number of halogens is 2. The minimum atomic E-state index is -0.414. The van der Waals surface area contributed by atoms with E-state index in [2.05, 4.69) is 26.8 Å². The van der Waals surface area contributed by atoms with Crippen LogP contribution in [0.4, 0.5) is 0 Å². The normalized spacial score (nSPS) is 10.1. The largest absolute Gasteiger partial charge is 0.493 e. The molecular formula is C17H16BrClN2O3. The van der Waals surface area contributed by atoms with Crippen molar-refractivity contribution in [3.8, 4) is 5.75 Å². The Hall–Kier alpha value is -2.05. The first-order valence-electron chi connectivity index (χ1n) is 7.25. The van der Waals surface area contributed by atoms with Crippen LogP contribution >= 0.6 is 27.5 Å². The highest BCUT2D eigenvalue weighted by atomic mass is 79.9. The third kappa shape index (κ3) is 5.25. The lowest BCUT2D eigenvalue weighted by Crippen LogP contribution is -2.42. The fraction of sp³-hybridized carbons (Fsp3) is 0.176. The first-order chi connectivity index (χ1) is 11.5. The smallest absolute Gasteiger partial charge is 0.269 e. The van der Waals surface area contributed by atoms with Gasteiger partial charge in [-0.05, 0) is 58.7 Å². The molecule has 0 spiro atoms. The molecule has 0 atom stereocenters. The number of benzene rings is 2. The van der Waals surface area contributed by atoms with Gasteiger partial charge in [0.1, 0.15) is 5.75 Å². The second kappa shape index (κ2) is 8.70. The van der Waals surface area contributed by atoms with Crippen molar-refractivity contribution in [2.45, 2.75) is 13.3 Å². The number of carbonyl (C=O) groups is 2. The first-order valence-corrected chi connectivity index (χ1v) is 8.42. The predicted molar refractivity (Wildman–Crippen MR) is 96.1 cm³/mol. The molecule has 0 bridgehead atoms. The van der Waals surface area contributed by atoms with Crippen LogP contribution in [0.1, 0.15) is 22.8 Å². The molecule has 2 aromatic carbocycles. The number of rotatable bonds is 5. The highest BCUT2D eigenvalue weighted by Gasteiger charge is 2.10. The Balaban J connectivity index is 1.89. The summed E-state index contributed by atoms with van der Waals surface area (Å²) >= 11 is 9.14. The fourth-order valence-corrected chi connectivity index (χ4v) is 2.56. The second-order valence-corrected chi connectivity index (χ2v) is 6.17. The molecule has 0 saturated heterocycles. The summed E-state index contributed by atoms with van der Waals surface area (Å²) in [7, 11) is 0. The summed E-state index contributed by atoms with van der Waals surface area (Å²) in [6, 6.07) is 11.9. The second-order valence-electron chi connectivity index (χ2n) is 4.88. The molecule has 2 aromatic rings. The lowest BCUT2D eigenvalue weighted by atomic mass is 10.1. The molecule has 5 nitrogen and oxygen atoms in total. The van der Waals surface area contributed by atoms with Crippen molar-refractivity contribution in [3.63, 3.8) is 0 Å². The van der Waals surface area contributed by atoms with E-state index in [1.165, 1.54) is 0 Å². The Morgan fingerprint density at radius 2 is 1.83 bits per heavy atom. The van der Waals surface area contributed by atoms with Crippen LogP contribution in [-0.2, 0) is 11.2 Å². The highest BCUT2D eigenvalue weighted by molar-refractivity contribution is 9.10. The number of hydrazine groups is 1. The molecule has 2 N–H and O–H groups in total. The molecule has 7 heteroatoms. The van der Waals surface area contributed by atoms with Gasteiger partial charge < -0.3 is 4.74 Å². The van der Waals surface area contributed by atoms with E-state index in [0.29, 0.717) is 27.4 Å². The Morgan fingerprint density at radius 3 is 2.46 bits per heavy atom. The van der Waals surface area contributed by atoms with E-state index >= 15 is 0 Å². The lowest BCUT2D eigenvalue weighted by Gasteiger charge is -2.10. The third-order valence-corrected chi connectivity index (χ3v) is 3.96. The molecule has 0 aliphatic carbocycles. The van der Waals surface area contributed by atoms with Crippen molar-refractivity contribution in [1.82, 2.24) is 10.9 Å². The summed E-state index contributed by atoms with van der Waals surface area (Å²) in [6.45, 7) is 2.41. The van der Waals surface area contributed by atoms with Crippen LogP contribution in [0, 0.1) is 0 Å². The number of amides is 2. The Morgan fingerprint density at radius 1 is 1.12 bits per heavy atom. The van der Waals surface area contributed by atoms with Crippen molar-refractivity contribution < 1.29 is 14.3 Å². The monoisotopic (exact) mass is 410 g/mol. The molecule has 0 radical (unpaired) electrons. The molecule has 0 heterocycles. The van der Waals surface area contributed by atoms with Gasteiger partial charge in [-0.25, -0.2) is 0 Å². The summed E-state index contributed by atoms with van der Waals surface area (Å²) < 4.78 is 6.06. The number of hydrogen-bond donors (Lipinski definition) is 2. The summed E-state index contributed by atoms with van der Waals surface area (Å²) in [6.07, 6.45) is 0.143. The average Bonchev–Trinajstić information content (AvgIpc) is 2.57. The molecule has 0 fully saturated rings. The molecule has 0 aromatic heterocycles. The standard InChI is InChI=1S/C17H16BrClN2O3/c1-2-24-15-8-5-12(10-14(15)18)17(23)21-20-16(22)9-11-3-6-13(19)7-4-11/h3-8,10H,2,9H2,1H3,(H,20,22)(H,21,23). The predicted octanol–water partition coefficient (Wildman–Crippen LogP) is 3.50. The van der Waals surface area contributed by atoms with Crippen molar-refractivity contribution in [1.29, 1.82) is 0 Å². The fourth-order valence-electron chi connectivity index (χ4n) is 1.95. The molecule has 0 aliphatic rings. The molecule has 24 heavy (non-hydrogen) atoms. The van der Waals surface area contributed by atoms with Gasteiger partial charge in [-0.2, -0.15) is 0 Å². The van der Waals surface area contributed by atoms with E-state index < -0.39 is 5.91 Å². The number of ether oxygens (including phenoxy) is 1. The van der Waals surface area contributed by atoms with Crippen LogP contribution in [0.15, 0.2) is 46.9 Å². The van der Waals surface area contributed by atoms with Gasteiger partial charge in [0.2, 0.25) is 5.91 Å². The molecule has 0 saturated carbocycles. The van der Waals surface area contributed by atoms with Crippen LogP contribution in [0.2, 0.25) is 5.02 Å². The van der Waals surface area contributed by atoms with Crippen molar-refractivity contribution >= 4 is 39.3 Å². The number of hydrogen-bond acceptors (Lipinski definition) is 3. The van der Waals surface area contributed by atoms with Gasteiger partial charge in [0.25, 0.3) is 5.91 Å². The van der Waals surface area contributed by atoms with E-state index in [4.69, 9.17) is 16.3 Å². The van der Waals surface area contributed by atoms with Gasteiger partial charge in [0.15, 0.2) is 0 Å². The van der Waals surface area contributed by atoms with Gasteiger partial charge in [-0.3, -0.25) is 20.4 Å². The average molecular weight is 412 g/mol. The lowest BCUT2D eigenvalue weighted by molar-refractivity contribution is -0.121. The van der Waals surface area contributed by atoms with Crippen molar-refractivity contribution in [3.05, 3.63) is 63.1 Å². The van der Waals surface area contributed by atoms with Crippen LogP contribution < -0.4 is 15.6 Å². The Labute approximate surface area is 153 Å². The third-order valence-electron chi connectivity index (χ3n) is 3.09. The van der Waals surface area contributed by atoms with E-state index in [0.717, 1.165) is 5.56 Å². The zero-order valence-electron chi connectivity index (χ0n) is 12.9. The zero-order chi connectivity index (χ0) is 17.5. The van der Waals surface area contributed by atoms with Gasteiger partial charge in [-0.1, -0.05) is 23.7 Å². The van der Waals surface area contributed by atoms with Gasteiger partial charge in [0.05, 0.1) is 17.5 Å². The van der Waals surface area contributed by atoms with E-state index in [1.54, 1.807) is 42.5 Å². The van der Waals surface area contributed by atoms with Crippen molar-refractivity contribution in [2.24, 2.45) is 0 Å². The zero-order valence-corrected chi connectivity index (χ0v) is 15.3. The summed E-state index contributed by atoms with van der Waals surface area (Å²) in [5.74, 6) is -0.0836. The van der Waals surface area contributed by atoms with Gasteiger partial charge >= 0.3 is 0 Å². The highest BCUT2D eigenvalue weighted by Crippen LogP contribution is 2.25. The summed E-state index contributed by atoms with van der Waals surface area (Å²) in [5, 5.41) is 0.605. The molecular weight excluding hydrogens is 396 g/mol. The number of carbonyl (C=O) groups excluding carboxylic acids is 2. The maximum atomic E-state index is 12.1. The topological polar surface area (TPSA) is 67.4 Å². The van der Waals surface area contributed by atoms with Gasteiger partial charge in [0, 0.05) is 10.6 Å². The quantitative estimate of drug-likeness (QED) is 0.740. The van der Waals surface area contributed by atoms with Gasteiger partial charge in [-0.15, -0.1) is 0 Å². The minimum Gasteiger partial charge on any atom is -0.493 e. The van der Waals surface area contributed by atoms with Crippen LogP contribution in [0.25, 0.3) is 0 Å². The summed E-state index contributed by atoms with van der Waals surface area (Å²) in [5.41, 5.74) is 5.97.